The average Bonchev–Trinajstić information content (AvgIpc) is 2.61. The normalized spacial score (nSPS) is 10.7. The molecule has 0 spiro atoms. The molecule has 0 bridgehead atoms. The van der Waals surface area contributed by atoms with Crippen molar-refractivity contribution in [2.45, 2.75) is 20.3 Å². The highest BCUT2D eigenvalue weighted by atomic mass is 79.9. The summed E-state index contributed by atoms with van der Waals surface area (Å²) >= 11 is 3.42. The molecule has 0 aliphatic rings. The lowest BCUT2D eigenvalue weighted by molar-refractivity contribution is 0.0506. The fraction of sp³-hybridized carbons (Fsp3) is 0.211. The van der Waals surface area contributed by atoms with Gasteiger partial charge in [-0.15, -0.1) is 0 Å². The molecule has 0 aliphatic carbocycles. The van der Waals surface area contributed by atoms with Gasteiger partial charge in [-0.1, -0.05) is 22.9 Å². The summed E-state index contributed by atoms with van der Waals surface area (Å²) in [5.41, 5.74) is 3.37. The van der Waals surface area contributed by atoms with Crippen molar-refractivity contribution >= 4 is 44.3 Å². The molecule has 0 unspecified atom stereocenters. The summed E-state index contributed by atoms with van der Waals surface area (Å²) < 4.78 is 6.28. The zero-order chi connectivity index (χ0) is 17.8. The monoisotopic (exact) mass is 399 g/mol. The van der Waals surface area contributed by atoms with Crippen molar-refractivity contribution in [2.24, 2.45) is 0 Å². The minimum absolute atomic E-state index is 0.376. The number of carbonyl (C=O) groups is 1. The Morgan fingerprint density at radius 1 is 1.20 bits per heavy atom. The summed E-state index contributed by atoms with van der Waals surface area (Å²) in [7, 11) is 0. The molecular formula is C19H18BrN3O2. The standard InChI is InChI=1S/C19H18BrN3O2/c1-3-10-25-19(24)16-11-21-18-15(9-4-12(2)22-18)17(16)23-14-7-5-13(20)6-8-14/h4-9,11H,3,10H2,1-2H3,(H,21,22,23). The molecule has 5 nitrogen and oxygen atoms in total. The number of fused-ring (bicyclic) bond motifs is 1. The second-order valence-electron chi connectivity index (χ2n) is 5.64. The zero-order valence-corrected chi connectivity index (χ0v) is 15.6. The van der Waals surface area contributed by atoms with Crippen molar-refractivity contribution in [3.05, 3.63) is 58.3 Å². The number of nitrogens with zero attached hydrogens (tertiary/aromatic N) is 2. The molecule has 0 aliphatic heterocycles. The van der Waals surface area contributed by atoms with Crippen LogP contribution in [0.15, 0.2) is 47.1 Å². The summed E-state index contributed by atoms with van der Waals surface area (Å²) in [6.07, 6.45) is 2.29. The van der Waals surface area contributed by atoms with Crippen molar-refractivity contribution in [1.82, 2.24) is 9.97 Å². The van der Waals surface area contributed by atoms with Gasteiger partial charge in [0.1, 0.15) is 5.56 Å². The van der Waals surface area contributed by atoms with Gasteiger partial charge in [-0.25, -0.2) is 14.8 Å². The summed E-state index contributed by atoms with van der Waals surface area (Å²) in [4.78, 5) is 21.2. The van der Waals surface area contributed by atoms with E-state index in [1.165, 1.54) is 6.20 Å². The molecule has 2 heterocycles. The Kier molecular flexibility index (Phi) is 5.28. The smallest absolute Gasteiger partial charge is 0.341 e. The number of halogens is 1. The number of ether oxygens (including phenoxy) is 1. The van der Waals surface area contributed by atoms with Crippen LogP contribution in [-0.4, -0.2) is 22.5 Å². The summed E-state index contributed by atoms with van der Waals surface area (Å²) in [6, 6.07) is 11.5. The van der Waals surface area contributed by atoms with Crippen molar-refractivity contribution in [2.75, 3.05) is 11.9 Å². The number of anilines is 2. The lowest BCUT2D eigenvalue weighted by atomic mass is 10.1. The summed E-state index contributed by atoms with van der Waals surface area (Å²) in [6.45, 7) is 4.24. The van der Waals surface area contributed by atoms with Crippen molar-refractivity contribution < 1.29 is 9.53 Å². The van der Waals surface area contributed by atoms with E-state index in [0.717, 1.165) is 27.7 Å². The van der Waals surface area contributed by atoms with Gasteiger partial charge < -0.3 is 10.1 Å². The Morgan fingerprint density at radius 2 is 1.96 bits per heavy atom. The molecule has 2 aromatic heterocycles. The highest BCUT2D eigenvalue weighted by molar-refractivity contribution is 9.10. The number of hydrogen-bond donors (Lipinski definition) is 1. The van der Waals surface area contributed by atoms with Crippen LogP contribution in [0.4, 0.5) is 11.4 Å². The number of aryl methyl sites for hydroxylation is 1. The third-order valence-corrected chi connectivity index (χ3v) is 4.17. The van der Waals surface area contributed by atoms with Gasteiger partial charge in [-0.05, 0) is 49.7 Å². The van der Waals surface area contributed by atoms with Gasteiger partial charge in [0.05, 0.1) is 12.3 Å². The van der Waals surface area contributed by atoms with Crippen LogP contribution in [0.1, 0.15) is 29.4 Å². The predicted octanol–water partition coefficient (Wildman–Crippen LogP) is 5.01. The number of pyridine rings is 2. The molecule has 128 valence electrons. The zero-order valence-electron chi connectivity index (χ0n) is 14.0. The molecule has 0 atom stereocenters. The van der Waals surface area contributed by atoms with Gasteiger partial charge in [0.25, 0.3) is 0 Å². The Balaban J connectivity index is 2.09. The lowest BCUT2D eigenvalue weighted by Gasteiger charge is -2.14. The van der Waals surface area contributed by atoms with Crippen molar-refractivity contribution in [3.63, 3.8) is 0 Å². The Bertz CT molecular complexity index is 910. The third-order valence-electron chi connectivity index (χ3n) is 3.64. The SMILES string of the molecule is CCCOC(=O)c1cnc2nc(C)ccc2c1Nc1ccc(Br)cc1. The second kappa shape index (κ2) is 7.61. The van der Waals surface area contributed by atoms with E-state index in [2.05, 4.69) is 31.2 Å². The van der Waals surface area contributed by atoms with E-state index in [0.29, 0.717) is 23.5 Å². The predicted molar refractivity (Wildman–Crippen MR) is 102 cm³/mol. The second-order valence-corrected chi connectivity index (χ2v) is 6.55. The third kappa shape index (κ3) is 3.96. The highest BCUT2D eigenvalue weighted by Gasteiger charge is 2.17. The average molecular weight is 400 g/mol. The Morgan fingerprint density at radius 3 is 2.68 bits per heavy atom. The number of esters is 1. The quantitative estimate of drug-likeness (QED) is 0.610. The first-order valence-electron chi connectivity index (χ1n) is 8.04. The largest absolute Gasteiger partial charge is 0.462 e. The van der Waals surface area contributed by atoms with E-state index in [4.69, 9.17) is 4.74 Å². The van der Waals surface area contributed by atoms with Gasteiger partial charge >= 0.3 is 5.97 Å². The maximum Gasteiger partial charge on any atom is 0.341 e. The number of hydrogen-bond acceptors (Lipinski definition) is 5. The van der Waals surface area contributed by atoms with Gasteiger partial charge in [0.2, 0.25) is 0 Å². The van der Waals surface area contributed by atoms with Crippen LogP contribution in [0.2, 0.25) is 0 Å². The van der Waals surface area contributed by atoms with E-state index in [1.807, 2.05) is 50.2 Å². The number of rotatable bonds is 5. The first-order chi connectivity index (χ1) is 12.1. The number of aromatic nitrogens is 2. The lowest BCUT2D eigenvalue weighted by Crippen LogP contribution is -2.10. The molecule has 0 saturated heterocycles. The first kappa shape index (κ1) is 17.4. The van der Waals surface area contributed by atoms with E-state index in [9.17, 15) is 4.79 Å². The van der Waals surface area contributed by atoms with Crippen LogP contribution in [0.5, 0.6) is 0 Å². The maximum atomic E-state index is 12.4. The molecule has 0 radical (unpaired) electrons. The molecule has 0 amide bonds. The molecule has 1 N–H and O–H groups in total. The van der Waals surface area contributed by atoms with Crippen LogP contribution >= 0.6 is 15.9 Å². The summed E-state index contributed by atoms with van der Waals surface area (Å²) in [5, 5.41) is 4.10. The van der Waals surface area contributed by atoms with Crippen molar-refractivity contribution in [1.29, 1.82) is 0 Å². The Hall–Kier alpha value is -2.47. The van der Waals surface area contributed by atoms with E-state index in [1.54, 1.807) is 0 Å². The fourth-order valence-electron chi connectivity index (χ4n) is 2.41. The van der Waals surface area contributed by atoms with Crippen LogP contribution in [-0.2, 0) is 4.74 Å². The van der Waals surface area contributed by atoms with Crippen LogP contribution in [0.3, 0.4) is 0 Å². The van der Waals surface area contributed by atoms with E-state index >= 15 is 0 Å². The molecule has 1 aromatic carbocycles. The molecule has 0 fully saturated rings. The molecule has 3 rings (SSSR count). The van der Waals surface area contributed by atoms with Gasteiger partial charge in [0.15, 0.2) is 5.65 Å². The highest BCUT2D eigenvalue weighted by Crippen LogP contribution is 2.29. The van der Waals surface area contributed by atoms with Gasteiger partial charge in [-0.3, -0.25) is 0 Å². The summed E-state index contributed by atoms with van der Waals surface area (Å²) in [5.74, 6) is -0.392. The molecule has 3 aromatic rings. The molecule has 25 heavy (non-hydrogen) atoms. The number of benzene rings is 1. The van der Waals surface area contributed by atoms with Crippen LogP contribution in [0.25, 0.3) is 11.0 Å². The number of nitrogens with one attached hydrogen (secondary N) is 1. The molecular weight excluding hydrogens is 382 g/mol. The van der Waals surface area contributed by atoms with Crippen molar-refractivity contribution in [3.8, 4) is 0 Å². The fourth-order valence-corrected chi connectivity index (χ4v) is 2.68. The van der Waals surface area contributed by atoms with E-state index < -0.39 is 5.97 Å². The first-order valence-corrected chi connectivity index (χ1v) is 8.84. The minimum atomic E-state index is -0.392. The molecule has 0 saturated carbocycles. The van der Waals surface area contributed by atoms with Gasteiger partial charge in [-0.2, -0.15) is 0 Å². The number of carbonyl (C=O) groups excluding carboxylic acids is 1. The van der Waals surface area contributed by atoms with Crippen LogP contribution < -0.4 is 5.32 Å². The topological polar surface area (TPSA) is 64.1 Å². The minimum Gasteiger partial charge on any atom is -0.462 e. The van der Waals surface area contributed by atoms with Gasteiger partial charge in [0, 0.05) is 27.4 Å². The Labute approximate surface area is 154 Å². The van der Waals surface area contributed by atoms with Crippen LogP contribution in [0, 0.1) is 6.92 Å². The maximum absolute atomic E-state index is 12.4. The molecule has 6 heteroatoms. The van der Waals surface area contributed by atoms with E-state index in [-0.39, 0.29) is 0 Å².